The molecule has 0 spiro atoms. The molecule has 0 bridgehead atoms. The molecule has 1 fully saturated rings. The fourth-order valence-corrected chi connectivity index (χ4v) is 4.62. The standard InChI is InChI=1S/C23H21ClF3N3O2S/c24-16-8-9-19(18(11-16)23(25,26)27)29-21(31)14-33-22-28-12-20(15-5-2-1-3-6-15)30(22)13-17-7-4-10-32-17/h1-3,5-6,8-9,11-12,17H,4,7,10,13-14H2,(H,29,31). The molecule has 3 aromatic rings. The number of hydrogen-bond donors (Lipinski definition) is 1. The molecule has 1 saturated heterocycles. The summed E-state index contributed by atoms with van der Waals surface area (Å²) in [5.41, 5.74) is 0.561. The predicted molar refractivity (Wildman–Crippen MR) is 122 cm³/mol. The highest BCUT2D eigenvalue weighted by Gasteiger charge is 2.34. The van der Waals surface area contributed by atoms with Crippen LogP contribution in [0, 0.1) is 0 Å². The molecule has 1 aliphatic heterocycles. The third-order valence-corrected chi connectivity index (χ3v) is 6.42. The lowest BCUT2D eigenvalue weighted by Gasteiger charge is -2.16. The smallest absolute Gasteiger partial charge is 0.376 e. The molecule has 10 heteroatoms. The van der Waals surface area contributed by atoms with Gasteiger partial charge in [-0.3, -0.25) is 4.79 Å². The summed E-state index contributed by atoms with van der Waals surface area (Å²) in [7, 11) is 0. The van der Waals surface area contributed by atoms with Crippen LogP contribution in [-0.2, 0) is 22.3 Å². The molecule has 1 unspecified atom stereocenters. The first-order valence-electron chi connectivity index (χ1n) is 10.3. The lowest BCUT2D eigenvalue weighted by Crippen LogP contribution is -2.19. The molecule has 0 aliphatic carbocycles. The molecule has 2 heterocycles. The third-order valence-electron chi connectivity index (χ3n) is 5.19. The second-order valence-electron chi connectivity index (χ2n) is 7.56. The van der Waals surface area contributed by atoms with Crippen LogP contribution in [0.15, 0.2) is 59.9 Å². The van der Waals surface area contributed by atoms with Crippen LogP contribution in [0.1, 0.15) is 18.4 Å². The van der Waals surface area contributed by atoms with Crippen LogP contribution in [0.3, 0.4) is 0 Å². The molecule has 1 amide bonds. The largest absolute Gasteiger partial charge is 0.418 e. The van der Waals surface area contributed by atoms with Crippen LogP contribution < -0.4 is 5.32 Å². The Morgan fingerprint density at radius 1 is 1.24 bits per heavy atom. The van der Waals surface area contributed by atoms with Crippen LogP contribution in [0.2, 0.25) is 5.02 Å². The highest BCUT2D eigenvalue weighted by Crippen LogP contribution is 2.36. The number of nitrogens with zero attached hydrogens (tertiary/aromatic N) is 2. The highest BCUT2D eigenvalue weighted by molar-refractivity contribution is 7.99. The van der Waals surface area contributed by atoms with Gasteiger partial charge in [0.05, 0.1) is 41.5 Å². The number of ether oxygens (including phenoxy) is 1. The molecule has 4 rings (SSSR count). The summed E-state index contributed by atoms with van der Waals surface area (Å²) in [5, 5.41) is 2.89. The number of imidazole rings is 1. The number of aromatic nitrogens is 2. The maximum absolute atomic E-state index is 13.3. The second kappa shape index (κ2) is 10.2. The topological polar surface area (TPSA) is 56.2 Å². The highest BCUT2D eigenvalue weighted by atomic mass is 35.5. The van der Waals surface area contributed by atoms with Crippen molar-refractivity contribution in [2.75, 3.05) is 17.7 Å². The third kappa shape index (κ3) is 5.90. The van der Waals surface area contributed by atoms with Crippen LogP contribution in [0.4, 0.5) is 18.9 Å². The van der Waals surface area contributed by atoms with Gasteiger partial charge in [-0.25, -0.2) is 4.98 Å². The average Bonchev–Trinajstić information content (AvgIpc) is 3.44. The Hall–Kier alpha value is -2.49. The number of halogens is 4. The van der Waals surface area contributed by atoms with Gasteiger partial charge in [-0.15, -0.1) is 0 Å². The second-order valence-corrected chi connectivity index (χ2v) is 8.94. The summed E-state index contributed by atoms with van der Waals surface area (Å²) in [6.45, 7) is 1.30. The van der Waals surface area contributed by atoms with Crippen LogP contribution in [-0.4, -0.2) is 33.9 Å². The minimum absolute atomic E-state index is 0.0539. The van der Waals surface area contributed by atoms with E-state index in [2.05, 4.69) is 10.3 Å². The minimum atomic E-state index is -4.64. The van der Waals surface area contributed by atoms with Crippen molar-refractivity contribution >= 4 is 35.0 Å². The summed E-state index contributed by atoms with van der Waals surface area (Å²) in [5.74, 6) is -0.669. The zero-order valence-electron chi connectivity index (χ0n) is 17.4. The number of alkyl halides is 3. The minimum Gasteiger partial charge on any atom is -0.376 e. The number of carbonyl (C=O) groups is 1. The van der Waals surface area contributed by atoms with Gasteiger partial charge >= 0.3 is 6.18 Å². The van der Waals surface area contributed by atoms with Crippen LogP contribution >= 0.6 is 23.4 Å². The van der Waals surface area contributed by atoms with Crippen molar-refractivity contribution in [1.82, 2.24) is 9.55 Å². The summed E-state index contributed by atoms with van der Waals surface area (Å²) in [6.07, 6.45) is -0.909. The van der Waals surface area contributed by atoms with Gasteiger partial charge in [0.15, 0.2) is 5.16 Å². The molecule has 1 aromatic heterocycles. The maximum Gasteiger partial charge on any atom is 0.418 e. The van der Waals surface area contributed by atoms with Gasteiger partial charge in [0.2, 0.25) is 5.91 Å². The molecular weight excluding hydrogens is 475 g/mol. The van der Waals surface area contributed by atoms with Crippen molar-refractivity contribution in [1.29, 1.82) is 0 Å². The van der Waals surface area contributed by atoms with Crippen LogP contribution in [0.5, 0.6) is 0 Å². The molecule has 5 nitrogen and oxygen atoms in total. The van der Waals surface area contributed by atoms with Crippen molar-refractivity contribution in [3.05, 3.63) is 65.3 Å². The van der Waals surface area contributed by atoms with E-state index in [1.807, 2.05) is 34.9 Å². The van der Waals surface area contributed by atoms with Gasteiger partial charge < -0.3 is 14.6 Å². The first kappa shape index (κ1) is 23.7. The van der Waals surface area contributed by atoms with Crippen LogP contribution in [0.25, 0.3) is 11.3 Å². The number of thioether (sulfide) groups is 1. The SMILES string of the molecule is O=C(CSc1ncc(-c2ccccc2)n1CC1CCCO1)Nc1ccc(Cl)cc1C(F)(F)F. The van der Waals surface area contributed by atoms with Crippen molar-refractivity contribution in [3.8, 4) is 11.3 Å². The molecular formula is C23H21ClF3N3O2S. The van der Waals surface area contributed by atoms with E-state index in [0.717, 1.165) is 36.2 Å². The van der Waals surface area contributed by atoms with Gasteiger partial charge in [0.1, 0.15) is 0 Å². The maximum atomic E-state index is 13.3. The van der Waals surface area contributed by atoms with Gasteiger partial charge in [0.25, 0.3) is 0 Å². The van der Waals surface area contributed by atoms with E-state index in [1.165, 1.54) is 17.8 Å². The molecule has 174 valence electrons. The lowest BCUT2D eigenvalue weighted by molar-refractivity contribution is -0.137. The van der Waals surface area contributed by atoms with E-state index >= 15 is 0 Å². The number of carbonyl (C=O) groups excluding carboxylic acids is 1. The van der Waals surface area contributed by atoms with Gasteiger partial charge in [-0.1, -0.05) is 53.7 Å². The zero-order valence-corrected chi connectivity index (χ0v) is 19.0. The predicted octanol–water partition coefficient (Wildman–Crippen LogP) is 6.13. The first-order chi connectivity index (χ1) is 15.8. The summed E-state index contributed by atoms with van der Waals surface area (Å²) in [6, 6.07) is 13.0. The number of amides is 1. The Kier molecular flexibility index (Phi) is 7.31. The molecule has 1 aliphatic rings. The van der Waals surface area contributed by atoms with E-state index in [4.69, 9.17) is 16.3 Å². The van der Waals surface area contributed by atoms with E-state index in [0.29, 0.717) is 18.3 Å². The van der Waals surface area contributed by atoms with Crippen molar-refractivity contribution in [3.63, 3.8) is 0 Å². The lowest BCUT2D eigenvalue weighted by atomic mass is 10.1. The Bertz CT molecular complexity index is 1120. The Morgan fingerprint density at radius 2 is 2.03 bits per heavy atom. The molecule has 1 N–H and O–H groups in total. The average molecular weight is 496 g/mol. The van der Waals surface area contributed by atoms with Crippen molar-refractivity contribution < 1.29 is 22.7 Å². The van der Waals surface area contributed by atoms with Gasteiger partial charge in [-0.2, -0.15) is 13.2 Å². The number of benzene rings is 2. The molecule has 0 radical (unpaired) electrons. The van der Waals surface area contributed by atoms with E-state index in [-0.39, 0.29) is 22.6 Å². The van der Waals surface area contributed by atoms with Gasteiger partial charge in [0, 0.05) is 11.6 Å². The number of hydrogen-bond acceptors (Lipinski definition) is 4. The van der Waals surface area contributed by atoms with Crippen molar-refractivity contribution in [2.45, 2.75) is 36.8 Å². The fraction of sp³-hybridized carbons (Fsp3) is 0.304. The number of anilines is 1. The van der Waals surface area contributed by atoms with E-state index in [9.17, 15) is 18.0 Å². The quantitative estimate of drug-likeness (QED) is 0.400. The monoisotopic (exact) mass is 495 g/mol. The van der Waals surface area contributed by atoms with Gasteiger partial charge in [-0.05, 0) is 36.6 Å². The zero-order chi connectivity index (χ0) is 23.4. The molecule has 0 saturated carbocycles. The molecule has 2 aromatic carbocycles. The summed E-state index contributed by atoms with van der Waals surface area (Å²) < 4.78 is 47.7. The normalized spacial score (nSPS) is 16.2. The summed E-state index contributed by atoms with van der Waals surface area (Å²) in [4.78, 5) is 17.0. The molecule has 33 heavy (non-hydrogen) atoms. The van der Waals surface area contributed by atoms with E-state index in [1.54, 1.807) is 6.20 Å². The fourth-order valence-electron chi connectivity index (χ4n) is 3.66. The Morgan fingerprint density at radius 3 is 2.73 bits per heavy atom. The summed E-state index contributed by atoms with van der Waals surface area (Å²) >= 11 is 6.87. The number of nitrogens with one attached hydrogen (secondary N) is 1. The number of rotatable bonds is 7. The van der Waals surface area contributed by atoms with E-state index < -0.39 is 17.6 Å². The van der Waals surface area contributed by atoms with Crippen molar-refractivity contribution in [2.24, 2.45) is 0 Å². The first-order valence-corrected chi connectivity index (χ1v) is 11.7. The molecule has 1 atom stereocenters. The Labute approximate surface area is 198 Å². The Balaban J connectivity index is 1.50.